The second kappa shape index (κ2) is 7.88. The first-order chi connectivity index (χ1) is 8.99. The van der Waals surface area contributed by atoms with Gasteiger partial charge in [0.1, 0.15) is 6.04 Å². The second-order valence-electron chi connectivity index (χ2n) is 4.41. The van der Waals surface area contributed by atoms with Crippen molar-refractivity contribution in [1.82, 2.24) is 10.6 Å². The molecule has 2 amide bonds. The average molecular weight is 290 g/mol. The van der Waals surface area contributed by atoms with E-state index in [2.05, 4.69) is 10.6 Å². The Morgan fingerprint density at radius 3 is 2.58 bits per heavy atom. The number of amides is 2. The molecule has 1 aliphatic heterocycles. The molecule has 0 aromatic carbocycles. The fourth-order valence-corrected chi connectivity index (χ4v) is 3.00. The Balaban J connectivity index is 2.29. The Labute approximate surface area is 115 Å². The summed E-state index contributed by atoms with van der Waals surface area (Å²) in [5, 5.41) is 22.3. The normalized spacial score (nSPS) is 19.7. The van der Waals surface area contributed by atoms with Gasteiger partial charge >= 0.3 is 18.0 Å². The first-order valence-corrected chi connectivity index (χ1v) is 7.21. The number of thioether (sulfide) groups is 1. The molecular weight excluding hydrogens is 272 g/mol. The van der Waals surface area contributed by atoms with Crippen molar-refractivity contribution < 1.29 is 24.6 Å². The zero-order valence-corrected chi connectivity index (χ0v) is 11.2. The molecule has 0 aliphatic carbocycles. The molecule has 0 radical (unpaired) electrons. The van der Waals surface area contributed by atoms with Gasteiger partial charge in [0, 0.05) is 13.0 Å². The molecule has 0 saturated carbocycles. The maximum atomic E-state index is 11.5. The van der Waals surface area contributed by atoms with Crippen molar-refractivity contribution in [3.8, 4) is 0 Å². The minimum Gasteiger partial charge on any atom is -0.481 e. The molecule has 0 aromatic rings. The van der Waals surface area contributed by atoms with Gasteiger partial charge in [0.25, 0.3) is 0 Å². The minimum atomic E-state index is -1.23. The molecule has 2 atom stereocenters. The lowest BCUT2D eigenvalue weighted by atomic mass is 10.1. The van der Waals surface area contributed by atoms with Crippen LogP contribution in [0.4, 0.5) is 4.79 Å². The van der Waals surface area contributed by atoms with Crippen LogP contribution in [-0.4, -0.2) is 52.3 Å². The highest BCUT2D eigenvalue weighted by molar-refractivity contribution is 7.99. The van der Waals surface area contributed by atoms with E-state index in [9.17, 15) is 14.4 Å². The Bertz CT molecular complexity index is 344. The van der Waals surface area contributed by atoms with Crippen LogP contribution < -0.4 is 10.6 Å². The van der Waals surface area contributed by atoms with Crippen LogP contribution in [0.15, 0.2) is 0 Å². The molecule has 108 valence electrons. The van der Waals surface area contributed by atoms with Crippen molar-refractivity contribution in [2.75, 3.05) is 18.1 Å². The summed E-state index contributed by atoms with van der Waals surface area (Å²) in [6.07, 6.45) is 0.625. The molecule has 1 aliphatic rings. The van der Waals surface area contributed by atoms with Crippen LogP contribution in [0.3, 0.4) is 0 Å². The molecule has 7 nitrogen and oxygen atoms in total. The Morgan fingerprint density at radius 1 is 1.32 bits per heavy atom. The predicted octanol–water partition coefficient (Wildman–Crippen LogP) is 0.357. The molecule has 1 saturated heterocycles. The van der Waals surface area contributed by atoms with Crippen molar-refractivity contribution in [2.24, 2.45) is 5.92 Å². The third-order valence-electron chi connectivity index (χ3n) is 2.83. The summed E-state index contributed by atoms with van der Waals surface area (Å²) in [6, 6.07) is -1.73. The first-order valence-electron chi connectivity index (χ1n) is 6.05. The number of carbonyl (C=O) groups excluding carboxylic acids is 1. The monoisotopic (exact) mass is 290 g/mol. The van der Waals surface area contributed by atoms with E-state index in [0.717, 1.165) is 17.9 Å². The number of carbonyl (C=O) groups is 3. The van der Waals surface area contributed by atoms with E-state index in [0.29, 0.717) is 12.5 Å². The van der Waals surface area contributed by atoms with Crippen LogP contribution in [-0.2, 0) is 9.59 Å². The zero-order chi connectivity index (χ0) is 14.3. The largest absolute Gasteiger partial charge is 0.481 e. The lowest BCUT2D eigenvalue weighted by Crippen LogP contribution is -2.47. The maximum Gasteiger partial charge on any atom is 0.326 e. The smallest absolute Gasteiger partial charge is 0.326 e. The number of hydrogen-bond donors (Lipinski definition) is 4. The van der Waals surface area contributed by atoms with Crippen LogP contribution in [0.25, 0.3) is 0 Å². The van der Waals surface area contributed by atoms with Crippen LogP contribution in [0.5, 0.6) is 0 Å². The summed E-state index contributed by atoms with van der Waals surface area (Å²) >= 11 is 1.83. The van der Waals surface area contributed by atoms with Crippen LogP contribution in [0, 0.1) is 5.92 Å². The van der Waals surface area contributed by atoms with Gasteiger partial charge in [-0.1, -0.05) is 0 Å². The lowest BCUT2D eigenvalue weighted by Gasteiger charge is -2.15. The van der Waals surface area contributed by atoms with E-state index in [1.807, 2.05) is 11.8 Å². The summed E-state index contributed by atoms with van der Waals surface area (Å²) < 4.78 is 0. The first kappa shape index (κ1) is 15.6. The Hall–Kier alpha value is -1.44. The van der Waals surface area contributed by atoms with Gasteiger partial charge in [0.15, 0.2) is 0 Å². The number of carboxylic acids is 2. The van der Waals surface area contributed by atoms with Crippen molar-refractivity contribution in [2.45, 2.75) is 25.3 Å². The zero-order valence-electron chi connectivity index (χ0n) is 10.4. The lowest BCUT2D eigenvalue weighted by molar-refractivity contribution is -0.140. The number of hydrogen-bond acceptors (Lipinski definition) is 4. The van der Waals surface area contributed by atoms with Gasteiger partial charge in [-0.25, -0.2) is 9.59 Å². The molecule has 1 heterocycles. The highest BCUT2D eigenvalue weighted by Crippen LogP contribution is 2.22. The summed E-state index contributed by atoms with van der Waals surface area (Å²) in [4.78, 5) is 32.8. The Morgan fingerprint density at radius 2 is 2.05 bits per heavy atom. The highest BCUT2D eigenvalue weighted by atomic mass is 32.2. The van der Waals surface area contributed by atoms with Crippen molar-refractivity contribution in [3.05, 3.63) is 0 Å². The predicted molar refractivity (Wildman–Crippen MR) is 70.3 cm³/mol. The van der Waals surface area contributed by atoms with Gasteiger partial charge in [-0.2, -0.15) is 11.8 Å². The van der Waals surface area contributed by atoms with Gasteiger partial charge in [-0.3, -0.25) is 4.79 Å². The second-order valence-corrected chi connectivity index (χ2v) is 5.56. The highest BCUT2D eigenvalue weighted by Gasteiger charge is 2.22. The van der Waals surface area contributed by atoms with Gasteiger partial charge in [-0.05, 0) is 30.3 Å². The number of carboxylic acid groups (broad SMARTS) is 2. The molecule has 1 fully saturated rings. The third-order valence-corrected chi connectivity index (χ3v) is 4.06. The van der Waals surface area contributed by atoms with E-state index in [-0.39, 0.29) is 12.8 Å². The van der Waals surface area contributed by atoms with Crippen LogP contribution >= 0.6 is 11.8 Å². The van der Waals surface area contributed by atoms with E-state index in [1.54, 1.807) is 0 Å². The maximum absolute atomic E-state index is 11.5. The number of rotatable bonds is 7. The van der Waals surface area contributed by atoms with Gasteiger partial charge in [-0.15, -0.1) is 0 Å². The van der Waals surface area contributed by atoms with E-state index in [1.165, 1.54) is 0 Å². The molecule has 1 unspecified atom stereocenters. The fourth-order valence-electron chi connectivity index (χ4n) is 1.72. The molecular formula is C11H18N2O5S. The van der Waals surface area contributed by atoms with E-state index >= 15 is 0 Å². The summed E-state index contributed by atoms with van der Waals surface area (Å²) in [6.45, 7) is 0.518. The minimum absolute atomic E-state index is 0.128. The van der Waals surface area contributed by atoms with Gasteiger partial charge in [0.05, 0.1) is 0 Å². The molecule has 0 bridgehead atoms. The molecule has 0 aromatic heterocycles. The number of nitrogens with one attached hydrogen (secondary N) is 2. The summed E-state index contributed by atoms with van der Waals surface area (Å²) in [7, 11) is 0. The molecule has 4 N–H and O–H groups in total. The average Bonchev–Trinajstić information content (AvgIpc) is 2.84. The molecule has 1 rings (SSSR count). The SMILES string of the molecule is O=C(O)CC[C@H](NC(=O)NCC1CCSC1)C(=O)O. The molecule has 19 heavy (non-hydrogen) atoms. The fraction of sp³-hybridized carbons (Fsp3) is 0.727. The van der Waals surface area contributed by atoms with Crippen LogP contribution in [0.1, 0.15) is 19.3 Å². The number of aliphatic carboxylic acids is 2. The standard InChI is InChI=1S/C11H18N2O5S/c14-9(15)2-1-8(10(16)17)13-11(18)12-5-7-3-4-19-6-7/h7-8H,1-6H2,(H,14,15)(H,16,17)(H2,12,13,18)/t7?,8-/m0/s1. The van der Waals surface area contributed by atoms with Gasteiger partial charge in [0.2, 0.25) is 0 Å². The van der Waals surface area contributed by atoms with Crippen molar-refractivity contribution in [3.63, 3.8) is 0 Å². The van der Waals surface area contributed by atoms with Gasteiger partial charge < -0.3 is 20.8 Å². The summed E-state index contributed by atoms with van der Waals surface area (Å²) in [5.41, 5.74) is 0. The quantitative estimate of drug-likeness (QED) is 0.538. The Kier molecular flexibility index (Phi) is 6.48. The molecule has 0 spiro atoms. The number of urea groups is 1. The van der Waals surface area contributed by atoms with Crippen molar-refractivity contribution in [1.29, 1.82) is 0 Å². The van der Waals surface area contributed by atoms with Crippen LogP contribution in [0.2, 0.25) is 0 Å². The molecule has 8 heteroatoms. The van der Waals surface area contributed by atoms with Crippen molar-refractivity contribution >= 4 is 29.7 Å². The van der Waals surface area contributed by atoms with E-state index < -0.39 is 24.0 Å². The van der Waals surface area contributed by atoms with E-state index in [4.69, 9.17) is 10.2 Å². The third kappa shape index (κ3) is 6.32. The topological polar surface area (TPSA) is 116 Å². The summed E-state index contributed by atoms with van der Waals surface area (Å²) in [5.74, 6) is 0.203.